The Balaban J connectivity index is 1.56. The zero-order valence-corrected chi connectivity index (χ0v) is 22.4. The number of aromatic nitrogens is 3. The Bertz CT molecular complexity index is 1480. The minimum absolute atomic E-state index is 0.0377. The third-order valence-electron chi connectivity index (χ3n) is 6.29. The van der Waals surface area contributed by atoms with Gasteiger partial charge in [0.1, 0.15) is 27.2 Å². The fraction of sp³-hybridized carbons (Fsp3) is 0.346. The number of aldehydes is 1. The van der Waals surface area contributed by atoms with E-state index < -0.39 is 9.84 Å². The van der Waals surface area contributed by atoms with E-state index in [0.29, 0.717) is 47.1 Å². The van der Waals surface area contributed by atoms with Gasteiger partial charge in [-0.1, -0.05) is 0 Å². The molecule has 3 aromatic rings. The smallest absolute Gasteiger partial charge is 0.257 e. The van der Waals surface area contributed by atoms with Gasteiger partial charge in [0.2, 0.25) is 0 Å². The lowest BCUT2D eigenvalue weighted by molar-refractivity contribution is 0.0279. The Hall–Kier alpha value is -4.06. The first-order chi connectivity index (χ1) is 17.9. The normalized spacial score (nSPS) is 17.1. The van der Waals surface area contributed by atoms with Crippen LogP contribution in [0.3, 0.4) is 0 Å². The van der Waals surface area contributed by atoms with Gasteiger partial charge in [-0.15, -0.1) is 0 Å². The molecule has 0 bridgehead atoms. The first kappa shape index (κ1) is 27.0. The molecule has 38 heavy (non-hydrogen) atoms. The fourth-order valence-electron chi connectivity index (χ4n) is 4.30. The predicted molar refractivity (Wildman–Crippen MR) is 144 cm³/mol. The van der Waals surface area contributed by atoms with Crippen molar-refractivity contribution in [3.05, 3.63) is 53.9 Å². The van der Waals surface area contributed by atoms with E-state index in [2.05, 4.69) is 25.6 Å². The lowest BCUT2D eigenvalue weighted by atomic mass is 9.90. The van der Waals surface area contributed by atoms with Crippen LogP contribution in [-0.4, -0.2) is 76.2 Å². The zero-order valence-electron chi connectivity index (χ0n) is 21.5. The summed E-state index contributed by atoms with van der Waals surface area (Å²) in [6.07, 6.45) is 4.81. The number of likely N-dealkylation sites (tertiary alicyclic amines) is 1. The molecule has 3 heterocycles. The van der Waals surface area contributed by atoms with Crippen molar-refractivity contribution in [1.29, 1.82) is 0 Å². The molecule has 12 heteroatoms. The van der Waals surface area contributed by atoms with Crippen LogP contribution in [0, 0.1) is 5.92 Å². The van der Waals surface area contributed by atoms with Crippen LogP contribution in [0.4, 0.5) is 17.3 Å². The van der Waals surface area contributed by atoms with Crippen LogP contribution in [0.5, 0.6) is 5.75 Å². The summed E-state index contributed by atoms with van der Waals surface area (Å²) in [6.45, 7) is 6.15. The van der Waals surface area contributed by atoms with Crippen LogP contribution in [-0.2, 0) is 9.84 Å². The number of nitrogens with one attached hydrogen (secondary N) is 2. The standard InChI is InChI=1S/C26H30N6O5S/c1-15(2)29-21-10-24(28-11-20(21)26(35)32-12-19(16(32)3)14-38(4,36)37)30-23-7-8-27-25(31-23)17-5-6-22(34)18(9-17)13-33/h5-11,13,15-16,19,34H,12,14H2,1-4H3,(H2,27,28,29,30,31)/t16-,19-/m1/s1. The topological polar surface area (TPSA) is 154 Å². The molecule has 1 fully saturated rings. The fourth-order valence-corrected chi connectivity index (χ4v) is 5.46. The van der Waals surface area contributed by atoms with Crippen molar-refractivity contribution in [2.45, 2.75) is 32.9 Å². The maximum absolute atomic E-state index is 13.3. The molecule has 1 amide bonds. The lowest BCUT2D eigenvalue weighted by Crippen LogP contribution is -2.59. The van der Waals surface area contributed by atoms with Crippen molar-refractivity contribution >= 4 is 39.4 Å². The summed E-state index contributed by atoms with van der Waals surface area (Å²) in [5.74, 6) is 0.858. The molecule has 0 aliphatic carbocycles. The first-order valence-electron chi connectivity index (χ1n) is 12.1. The number of hydrogen-bond acceptors (Lipinski definition) is 10. The van der Waals surface area contributed by atoms with Gasteiger partial charge in [0, 0.05) is 54.8 Å². The van der Waals surface area contributed by atoms with Gasteiger partial charge < -0.3 is 20.6 Å². The van der Waals surface area contributed by atoms with Crippen LogP contribution in [0.2, 0.25) is 0 Å². The van der Waals surface area contributed by atoms with Crippen LogP contribution in [0.1, 0.15) is 41.5 Å². The van der Waals surface area contributed by atoms with Crippen molar-refractivity contribution in [3.8, 4) is 17.1 Å². The number of hydrogen-bond donors (Lipinski definition) is 3. The molecule has 0 unspecified atom stereocenters. The summed E-state index contributed by atoms with van der Waals surface area (Å²) in [6, 6.07) is 7.75. The van der Waals surface area contributed by atoms with Crippen LogP contribution in [0.15, 0.2) is 42.7 Å². The third kappa shape index (κ3) is 6.08. The number of benzene rings is 1. The predicted octanol–water partition coefficient (Wildman–Crippen LogP) is 3.13. The van der Waals surface area contributed by atoms with Crippen molar-refractivity contribution in [2.75, 3.05) is 29.2 Å². The minimum Gasteiger partial charge on any atom is -0.507 e. The number of pyridine rings is 1. The van der Waals surface area contributed by atoms with E-state index in [1.165, 1.54) is 24.6 Å². The Labute approximate surface area is 221 Å². The Morgan fingerprint density at radius 2 is 1.97 bits per heavy atom. The summed E-state index contributed by atoms with van der Waals surface area (Å²) < 4.78 is 23.3. The van der Waals surface area contributed by atoms with Crippen LogP contribution < -0.4 is 10.6 Å². The number of anilines is 3. The summed E-state index contributed by atoms with van der Waals surface area (Å²) in [7, 11) is -3.12. The Morgan fingerprint density at radius 3 is 2.63 bits per heavy atom. The van der Waals surface area contributed by atoms with Crippen LogP contribution in [0.25, 0.3) is 11.4 Å². The van der Waals surface area contributed by atoms with E-state index in [9.17, 15) is 23.1 Å². The van der Waals surface area contributed by atoms with Crippen molar-refractivity contribution < 1.29 is 23.1 Å². The minimum atomic E-state index is -3.12. The van der Waals surface area contributed by atoms with Gasteiger partial charge >= 0.3 is 0 Å². The molecule has 200 valence electrons. The van der Waals surface area contributed by atoms with E-state index in [4.69, 9.17) is 0 Å². The number of carbonyl (C=O) groups is 2. The lowest BCUT2D eigenvalue weighted by Gasteiger charge is -2.46. The number of phenols is 1. The number of rotatable bonds is 9. The molecule has 1 aliphatic rings. The highest BCUT2D eigenvalue weighted by molar-refractivity contribution is 7.90. The molecule has 0 spiro atoms. The number of phenolic OH excluding ortho intramolecular Hbond substituents is 1. The molecule has 1 aliphatic heterocycles. The highest BCUT2D eigenvalue weighted by Gasteiger charge is 2.41. The molecule has 0 saturated carbocycles. The maximum atomic E-state index is 13.3. The molecule has 2 atom stereocenters. The average molecular weight is 539 g/mol. The molecule has 1 aromatic carbocycles. The molecular weight excluding hydrogens is 508 g/mol. The first-order valence-corrected chi connectivity index (χ1v) is 14.1. The monoisotopic (exact) mass is 538 g/mol. The maximum Gasteiger partial charge on any atom is 0.257 e. The van der Waals surface area contributed by atoms with E-state index in [1.54, 1.807) is 29.3 Å². The summed E-state index contributed by atoms with van der Waals surface area (Å²) in [4.78, 5) is 39.3. The van der Waals surface area contributed by atoms with E-state index in [1.807, 2.05) is 20.8 Å². The van der Waals surface area contributed by atoms with Crippen molar-refractivity contribution in [3.63, 3.8) is 0 Å². The molecule has 3 N–H and O–H groups in total. The van der Waals surface area contributed by atoms with E-state index >= 15 is 0 Å². The van der Waals surface area contributed by atoms with Crippen molar-refractivity contribution in [1.82, 2.24) is 19.9 Å². The zero-order chi connectivity index (χ0) is 27.6. The second-order valence-corrected chi connectivity index (χ2v) is 11.9. The van der Waals surface area contributed by atoms with Gasteiger partial charge in [-0.2, -0.15) is 0 Å². The SMILES string of the molecule is CC(C)Nc1cc(Nc2ccnc(-c3ccc(O)c(C=O)c3)n2)ncc1C(=O)N1C[C@H](CS(C)(=O)=O)[C@H]1C. The Morgan fingerprint density at radius 1 is 1.21 bits per heavy atom. The summed E-state index contributed by atoms with van der Waals surface area (Å²) in [5, 5.41) is 16.2. The van der Waals surface area contributed by atoms with Crippen molar-refractivity contribution in [2.24, 2.45) is 5.92 Å². The van der Waals surface area contributed by atoms with E-state index in [-0.39, 0.29) is 41.0 Å². The quantitative estimate of drug-likeness (QED) is 0.346. The largest absolute Gasteiger partial charge is 0.507 e. The number of amides is 1. The molecule has 1 saturated heterocycles. The highest BCUT2D eigenvalue weighted by atomic mass is 32.2. The number of sulfone groups is 1. The number of nitrogens with zero attached hydrogens (tertiary/aromatic N) is 4. The highest BCUT2D eigenvalue weighted by Crippen LogP contribution is 2.31. The van der Waals surface area contributed by atoms with Gasteiger partial charge in [0.15, 0.2) is 12.1 Å². The van der Waals surface area contributed by atoms with Gasteiger partial charge in [-0.05, 0) is 45.0 Å². The van der Waals surface area contributed by atoms with Gasteiger partial charge in [-0.25, -0.2) is 23.4 Å². The second-order valence-electron chi connectivity index (χ2n) is 9.75. The summed E-state index contributed by atoms with van der Waals surface area (Å²) in [5.41, 5.74) is 1.67. The number of aromatic hydroxyl groups is 1. The van der Waals surface area contributed by atoms with Gasteiger partial charge in [0.25, 0.3) is 5.91 Å². The van der Waals surface area contributed by atoms with Gasteiger partial charge in [0.05, 0.1) is 22.6 Å². The Kier molecular flexibility index (Phi) is 7.63. The second kappa shape index (κ2) is 10.7. The van der Waals surface area contributed by atoms with Gasteiger partial charge in [-0.3, -0.25) is 9.59 Å². The molecule has 11 nitrogen and oxygen atoms in total. The molecular formula is C26H30N6O5S. The average Bonchev–Trinajstić information content (AvgIpc) is 2.85. The molecule has 2 aromatic heterocycles. The number of carbonyl (C=O) groups excluding carboxylic acids is 2. The molecule has 4 rings (SSSR count). The third-order valence-corrected chi connectivity index (χ3v) is 7.32. The van der Waals surface area contributed by atoms with Crippen LogP contribution >= 0.6 is 0 Å². The van der Waals surface area contributed by atoms with E-state index in [0.717, 1.165) is 0 Å². The molecule has 0 radical (unpaired) electrons. The summed E-state index contributed by atoms with van der Waals surface area (Å²) >= 11 is 0.